The maximum absolute atomic E-state index is 11.8. The fourth-order valence-electron chi connectivity index (χ4n) is 2.83. The van der Waals surface area contributed by atoms with Gasteiger partial charge in [0, 0.05) is 37.1 Å². The number of carbonyl (C=O) groups is 1. The van der Waals surface area contributed by atoms with Gasteiger partial charge in [-0.3, -0.25) is 0 Å². The first kappa shape index (κ1) is 13.1. The molecule has 1 fully saturated rings. The van der Waals surface area contributed by atoms with Crippen LogP contribution in [0.4, 0.5) is 5.13 Å². The Morgan fingerprint density at radius 3 is 2.60 bits per heavy atom. The van der Waals surface area contributed by atoms with Crippen molar-refractivity contribution in [2.45, 2.75) is 25.3 Å². The van der Waals surface area contributed by atoms with Crippen molar-refractivity contribution in [3.8, 4) is 0 Å². The number of carboxylic acid groups (broad SMARTS) is 1. The Hall–Kier alpha value is -1.89. The summed E-state index contributed by atoms with van der Waals surface area (Å²) in [6, 6.07) is 0. The van der Waals surface area contributed by atoms with E-state index in [0.717, 1.165) is 11.0 Å². The molecule has 0 atom stereocenters. The first-order valence-electron chi connectivity index (χ1n) is 6.52. The number of aliphatic carboxylic acids is 1. The van der Waals surface area contributed by atoms with Gasteiger partial charge in [-0.05, 0) is 19.8 Å². The highest BCUT2D eigenvalue weighted by Gasteiger charge is 2.44. The average Bonchev–Trinajstić information content (AvgIpc) is 3.10. The van der Waals surface area contributed by atoms with Crippen LogP contribution < -0.4 is 4.90 Å². The van der Waals surface area contributed by atoms with Crippen LogP contribution in [0, 0.1) is 6.92 Å². The highest BCUT2D eigenvalue weighted by Crippen LogP contribution is 2.34. The van der Waals surface area contributed by atoms with E-state index >= 15 is 0 Å². The molecule has 0 bridgehead atoms. The SMILES string of the molecule is Cc1nccn1C1(C(=O)O)CCN(c2nccs2)CC1. The minimum absolute atomic E-state index is 0.555. The normalized spacial score (nSPS) is 18.1. The van der Waals surface area contributed by atoms with Crippen LogP contribution in [0.25, 0.3) is 0 Å². The Kier molecular flexibility index (Phi) is 3.21. The summed E-state index contributed by atoms with van der Waals surface area (Å²) >= 11 is 1.59. The Morgan fingerprint density at radius 2 is 2.10 bits per heavy atom. The van der Waals surface area contributed by atoms with Crippen LogP contribution in [0.3, 0.4) is 0 Å². The van der Waals surface area contributed by atoms with Crippen LogP contribution in [-0.4, -0.2) is 38.7 Å². The van der Waals surface area contributed by atoms with E-state index in [2.05, 4.69) is 14.9 Å². The van der Waals surface area contributed by atoms with Crippen molar-refractivity contribution in [1.29, 1.82) is 0 Å². The van der Waals surface area contributed by atoms with Crippen LogP contribution in [-0.2, 0) is 10.3 Å². The number of hydrogen-bond donors (Lipinski definition) is 1. The number of aryl methyl sites for hydroxylation is 1. The lowest BCUT2D eigenvalue weighted by atomic mass is 9.87. The zero-order chi connectivity index (χ0) is 14.2. The molecule has 3 heterocycles. The Morgan fingerprint density at radius 1 is 1.35 bits per heavy atom. The topological polar surface area (TPSA) is 71.2 Å². The second-order valence-electron chi connectivity index (χ2n) is 4.98. The van der Waals surface area contributed by atoms with Gasteiger partial charge in [0.1, 0.15) is 11.4 Å². The summed E-state index contributed by atoms with van der Waals surface area (Å²) < 4.78 is 1.80. The number of anilines is 1. The summed E-state index contributed by atoms with van der Waals surface area (Å²) in [4.78, 5) is 22.4. The first-order valence-corrected chi connectivity index (χ1v) is 7.40. The lowest BCUT2D eigenvalue weighted by Crippen LogP contribution is -2.51. The minimum Gasteiger partial charge on any atom is -0.479 e. The van der Waals surface area contributed by atoms with Crippen molar-refractivity contribution in [1.82, 2.24) is 14.5 Å². The minimum atomic E-state index is -0.881. The number of carboxylic acids is 1. The molecule has 106 valence electrons. The summed E-state index contributed by atoms with van der Waals surface area (Å²) in [6.07, 6.45) is 6.31. The lowest BCUT2D eigenvalue weighted by molar-refractivity contribution is -0.149. The van der Waals surface area contributed by atoms with E-state index in [1.54, 1.807) is 34.5 Å². The number of imidazole rings is 1. The van der Waals surface area contributed by atoms with E-state index < -0.39 is 11.5 Å². The van der Waals surface area contributed by atoms with Gasteiger partial charge in [0.15, 0.2) is 5.13 Å². The number of rotatable bonds is 3. The summed E-state index contributed by atoms with van der Waals surface area (Å²) in [7, 11) is 0. The molecule has 1 N–H and O–H groups in total. The predicted octanol–water partition coefficient (Wildman–Crippen LogP) is 1.73. The number of nitrogens with zero attached hydrogens (tertiary/aromatic N) is 4. The van der Waals surface area contributed by atoms with Crippen LogP contribution in [0.2, 0.25) is 0 Å². The highest BCUT2D eigenvalue weighted by atomic mass is 32.1. The molecule has 0 aromatic carbocycles. The average molecular weight is 292 g/mol. The summed E-state index contributed by atoms with van der Waals surface area (Å²) in [6.45, 7) is 3.23. The molecular weight excluding hydrogens is 276 g/mol. The molecule has 0 amide bonds. The lowest BCUT2D eigenvalue weighted by Gasteiger charge is -2.40. The van der Waals surface area contributed by atoms with Gasteiger partial charge in [-0.25, -0.2) is 14.8 Å². The molecule has 0 unspecified atom stereocenters. The zero-order valence-electron chi connectivity index (χ0n) is 11.2. The van der Waals surface area contributed by atoms with Crippen molar-refractivity contribution in [3.63, 3.8) is 0 Å². The van der Waals surface area contributed by atoms with E-state index in [1.165, 1.54) is 0 Å². The number of thiazole rings is 1. The van der Waals surface area contributed by atoms with Crippen molar-refractivity contribution < 1.29 is 9.90 Å². The van der Waals surface area contributed by atoms with Gasteiger partial charge in [0.2, 0.25) is 0 Å². The molecule has 2 aromatic rings. The highest BCUT2D eigenvalue weighted by molar-refractivity contribution is 7.13. The second-order valence-corrected chi connectivity index (χ2v) is 5.86. The molecule has 1 aliphatic heterocycles. The third-order valence-corrected chi connectivity index (χ3v) is 4.80. The fourth-order valence-corrected chi connectivity index (χ4v) is 3.52. The fraction of sp³-hybridized carbons (Fsp3) is 0.462. The molecule has 0 spiro atoms. The molecule has 20 heavy (non-hydrogen) atoms. The van der Waals surface area contributed by atoms with E-state index in [-0.39, 0.29) is 0 Å². The third-order valence-electron chi connectivity index (χ3n) is 3.97. The largest absolute Gasteiger partial charge is 0.479 e. The number of piperidine rings is 1. The van der Waals surface area contributed by atoms with Gasteiger partial charge >= 0.3 is 5.97 Å². The third kappa shape index (κ3) is 1.98. The second kappa shape index (κ2) is 4.90. The monoisotopic (exact) mass is 292 g/mol. The molecule has 1 saturated heterocycles. The van der Waals surface area contributed by atoms with E-state index in [4.69, 9.17) is 0 Å². The predicted molar refractivity (Wildman–Crippen MR) is 76.1 cm³/mol. The smallest absolute Gasteiger partial charge is 0.330 e. The molecule has 2 aromatic heterocycles. The molecule has 7 heteroatoms. The van der Waals surface area contributed by atoms with E-state index in [1.807, 2.05) is 12.3 Å². The molecule has 3 rings (SSSR count). The summed E-state index contributed by atoms with van der Waals surface area (Å²) in [5.74, 6) is -0.0347. The van der Waals surface area contributed by atoms with Crippen LogP contribution in [0.1, 0.15) is 18.7 Å². The van der Waals surface area contributed by atoms with Gasteiger partial charge in [0.05, 0.1) is 0 Å². The van der Waals surface area contributed by atoms with Gasteiger partial charge in [-0.15, -0.1) is 11.3 Å². The first-order chi connectivity index (χ1) is 9.63. The maximum Gasteiger partial charge on any atom is 0.330 e. The van der Waals surface area contributed by atoms with Crippen molar-refractivity contribution in [2.75, 3.05) is 18.0 Å². The van der Waals surface area contributed by atoms with Crippen molar-refractivity contribution >= 4 is 22.4 Å². The van der Waals surface area contributed by atoms with Crippen LogP contribution >= 0.6 is 11.3 Å². The molecule has 6 nitrogen and oxygen atoms in total. The Balaban J connectivity index is 1.86. The van der Waals surface area contributed by atoms with Gasteiger partial charge in [0.25, 0.3) is 0 Å². The van der Waals surface area contributed by atoms with Crippen LogP contribution in [0.15, 0.2) is 24.0 Å². The summed E-state index contributed by atoms with van der Waals surface area (Å²) in [5.41, 5.74) is -0.881. The summed E-state index contributed by atoms with van der Waals surface area (Å²) in [5, 5.41) is 12.6. The standard InChI is InChI=1S/C13H16N4O2S/c1-10-14-4-8-17(10)13(11(18)19)2-6-16(7-3-13)12-15-5-9-20-12/h4-5,8-9H,2-3,6-7H2,1H3,(H,18,19). The number of aromatic nitrogens is 3. The quantitative estimate of drug-likeness (QED) is 0.933. The Labute approximate surface area is 120 Å². The van der Waals surface area contributed by atoms with E-state index in [0.29, 0.717) is 25.9 Å². The maximum atomic E-state index is 11.8. The van der Waals surface area contributed by atoms with E-state index in [9.17, 15) is 9.90 Å². The van der Waals surface area contributed by atoms with Gasteiger partial charge in [-0.1, -0.05) is 0 Å². The van der Waals surface area contributed by atoms with Crippen molar-refractivity contribution in [3.05, 3.63) is 29.8 Å². The molecule has 0 saturated carbocycles. The van der Waals surface area contributed by atoms with Gasteiger partial charge < -0.3 is 14.6 Å². The molecule has 0 radical (unpaired) electrons. The Bertz CT molecular complexity index is 600. The van der Waals surface area contributed by atoms with Gasteiger partial charge in [-0.2, -0.15) is 0 Å². The zero-order valence-corrected chi connectivity index (χ0v) is 12.0. The van der Waals surface area contributed by atoms with Crippen LogP contribution in [0.5, 0.6) is 0 Å². The molecule has 0 aliphatic carbocycles. The molecule has 1 aliphatic rings. The number of hydrogen-bond acceptors (Lipinski definition) is 5. The van der Waals surface area contributed by atoms with Crippen molar-refractivity contribution in [2.24, 2.45) is 0 Å². The molecular formula is C13H16N4O2S.